The summed E-state index contributed by atoms with van der Waals surface area (Å²) in [6, 6.07) is 4.86. The van der Waals surface area contributed by atoms with E-state index < -0.39 is 11.7 Å². The fraction of sp³-hybridized carbons (Fsp3) is 0.333. The van der Waals surface area contributed by atoms with Crippen LogP contribution in [0.15, 0.2) is 45.6 Å². The van der Waals surface area contributed by atoms with E-state index in [1.165, 1.54) is 12.1 Å². The van der Waals surface area contributed by atoms with Crippen LogP contribution in [0.5, 0.6) is 0 Å². The Hall–Kier alpha value is -2.19. The molecule has 0 radical (unpaired) electrons. The Balaban J connectivity index is 3.22. The minimum Gasteiger partial charge on any atom is -0.340 e. The molecule has 0 bridgehead atoms. The number of likely N-dealkylation sites (N-methyl/N-ethyl adjacent to an activating group) is 1. The molecule has 0 aromatic heterocycles. The molecule has 8 heteroatoms. The monoisotopic (exact) mass is 327 g/mol. The van der Waals surface area contributed by atoms with E-state index in [0.717, 1.165) is 12.1 Å². The van der Waals surface area contributed by atoms with Crippen molar-refractivity contribution < 1.29 is 13.2 Å². The van der Waals surface area contributed by atoms with Gasteiger partial charge < -0.3 is 16.4 Å². The zero-order valence-corrected chi connectivity index (χ0v) is 13.0. The second-order valence-electron chi connectivity index (χ2n) is 4.65. The van der Waals surface area contributed by atoms with Crippen LogP contribution >= 0.6 is 0 Å². The highest BCUT2D eigenvalue weighted by atomic mass is 19.4. The van der Waals surface area contributed by atoms with Gasteiger partial charge in [0.15, 0.2) is 0 Å². The zero-order valence-electron chi connectivity index (χ0n) is 13.0. The predicted octanol–water partition coefficient (Wildman–Crippen LogP) is 2.63. The number of nitrogens with two attached hydrogens (primary N) is 1. The predicted molar refractivity (Wildman–Crippen MR) is 87.7 cm³/mol. The lowest BCUT2D eigenvalue weighted by molar-refractivity contribution is -0.137. The van der Waals surface area contributed by atoms with Crippen molar-refractivity contribution in [1.29, 1.82) is 0 Å². The van der Waals surface area contributed by atoms with Crippen LogP contribution in [-0.2, 0) is 6.18 Å². The van der Waals surface area contributed by atoms with Crippen molar-refractivity contribution in [1.82, 2.24) is 5.32 Å². The maximum atomic E-state index is 12.8. The Morgan fingerprint density at radius 2 is 2.04 bits per heavy atom. The van der Waals surface area contributed by atoms with Crippen LogP contribution in [0.3, 0.4) is 0 Å². The number of aliphatic imine (C=N–C) groups is 2. The third kappa shape index (κ3) is 5.50. The molecule has 0 saturated heterocycles. The summed E-state index contributed by atoms with van der Waals surface area (Å²) >= 11 is 0. The molecule has 1 aromatic rings. The summed E-state index contributed by atoms with van der Waals surface area (Å²) in [6.45, 7) is 5.73. The van der Waals surface area contributed by atoms with E-state index in [1.807, 2.05) is 0 Å². The standard InChI is InChI=1S/C15H20F3N5/c1-10(22-9-19)13(8-20-2)14(21-3)23-12-6-4-5-11(7-12)15(16,17)18/h4-7,20,23H,3,8-9,19H2,1-2H3/b14-13+,22-10-. The van der Waals surface area contributed by atoms with Crippen LogP contribution < -0.4 is 16.4 Å². The smallest absolute Gasteiger partial charge is 0.340 e. The Kier molecular flexibility index (Phi) is 6.92. The number of nitrogens with one attached hydrogen (secondary N) is 2. The molecule has 0 unspecified atom stereocenters. The normalized spacial score (nSPS) is 13.6. The Morgan fingerprint density at radius 1 is 1.35 bits per heavy atom. The number of halogens is 3. The summed E-state index contributed by atoms with van der Waals surface area (Å²) < 4.78 is 38.3. The molecule has 5 nitrogen and oxygen atoms in total. The number of hydrogen-bond acceptors (Lipinski definition) is 5. The maximum Gasteiger partial charge on any atom is 0.416 e. The molecule has 0 spiro atoms. The number of alkyl halides is 3. The molecule has 0 amide bonds. The van der Waals surface area contributed by atoms with E-state index in [-0.39, 0.29) is 12.4 Å². The van der Waals surface area contributed by atoms with Gasteiger partial charge in [0, 0.05) is 23.5 Å². The van der Waals surface area contributed by atoms with Gasteiger partial charge >= 0.3 is 6.18 Å². The molecular weight excluding hydrogens is 307 g/mol. The quantitative estimate of drug-likeness (QED) is 0.674. The van der Waals surface area contributed by atoms with Crippen LogP contribution in [0.1, 0.15) is 12.5 Å². The van der Waals surface area contributed by atoms with E-state index in [2.05, 4.69) is 27.3 Å². The van der Waals surface area contributed by atoms with Crippen molar-refractivity contribution in [3.8, 4) is 0 Å². The van der Waals surface area contributed by atoms with Crippen molar-refractivity contribution in [2.75, 3.05) is 25.6 Å². The summed E-state index contributed by atoms with van der Waals surface area (Å²) in [5, 5.41) is 5.81. The minimum atomic E-state index is -4.41. The first-order valence-electron chi connectivity index (χ1n) is 6.83. The third-order valence-corrected chi connectivity index (χ3v) is 3.02. The molecule has 0 fully saturated rings. The van der Waals surface area contributed by atoms with Gasteiger partial charge in [0.2, 0.25) is 0 Å². The highest BCUT2D eigenvalue weighted by Gasteiger charge is 2.30. The molecule has 23 heavy (non-hydrogen) atoms. The number of hydrogen-bond donors (Lipinski definition) is 3. The number of anilines is 1. The molecule has 0 aliphatic carbocycles. The molecule has 0 saturated carbocycles. The maximum absolute atomic E-state index is 12.8. The Labute approximate surface area is 133 Å². The topological polar surface area (TPSA) is 74.8 Å². The molecule has 0 heterocycles. The SMILES string of the molecule is C=N/C(Nc1cccc(C(F)(F)F)c1)=C(CNC)\C(C)=N/CN. The second kappa shape index (κ2) is 8.44. The first-order valence-corrected chi connectivity index (χ1v) is 6.83. The third-order valence-electron chi connectivity index (χ3n) is 3.02. The van der Waals surface area contributed by atoms with Gasteiger partial charge in [0.25, 0.3) is 0 Å². The van der Waals surface area contributed by atoms with Crippen molar-refractivity contribution in [2.45, 2.75) is 13.1 Å². The summed E-state index contributed by atoms with van der Waals surface area (Å²) in [7, 11) is 1.74. The fourth-order valence-electron chi connectivity index (χ4n) is 1.91. The highest BCUT2D eigenvalue weighted by molar-refractivity contribution is 5.99. The molecule has 1 rings (SSSR count). The van der Waals surface area contributed by atoms with Gasteiger partial charge in [-0.05, 0) is 38.9 Å². The fourth-order valence-corrected chi connectivity index (χ4v) is 1.91. The van der Waals surface area contributed by atoms with Gasteiger partial charge in [-0.1, -0.05) is 6.07 Å². The van der Waals surface area contributed by atoms with Crippen molar-refractivity contribution in [2.24, 2.45) is 15.7 Å². The Morgan fingerprint density at radius 3 is 2.57 bits per heavy atom. The lowest BCUT2D eigenvalue weighted by Gasteiger charge is -2.15. The van der Waals surface area contributed by atoms with Crippen LogP contribution in [0.2, 0.25) is 0 Å². The largest absolute Gasteiger partial charge is 0.416 e. The Bertz CT molecular complexity index is 605. The van der Waals surface area contributed by atoms with E-state index >= 15 is 0 Å². The minimum absolute atomic E-state index is 0.104. The van der Waals surface area contributed by atoms with E-state index in [4.69, 9.17) is 5.73 Å². The van der Waals surface area contributed by atoms with Crippen molar-refractivity contribution >= 4 is 18.1 Å². The van der Waals surface area contributed by atoms with Gasteiger partial charge in [-0.3, -0.25) is 4.99 Å². The zero-order chi connectivity index (χ0) is 17.5. The van der Waals surface area contributed by atoms with Gasteiger partial charge in [-0.25, -0.2) is 4.99 Å². The van der Waals surface area contributed by atoms with Gasteiger partial charge in [-0.15, -0.1) is 0 Å². The van der Waals surface area contributed by atoms with Crippen molar-refractivity contribution in [3.63, 3.8) is 0 Å². The van der Waals surface area contributed by atoms with Crippen LogP contribution in [0.25, 0.3) is 0 Å². The summed E-state index contributed by atoms with van der Waals surface area (Å²) in [4.78, 5) is 7.97. The number of benzene rings is 1. The molecule has 0 atom stereocenters. The van der Waals surface area contributed by atoms with Crippen molar-refractivity contribution in [3.05, 3.63) is 41.2 Å². The average Bonchev–Trinajstić information content (AvgIpc) is 2.50. The van der Waals surface area contributed by atoms with Gasteiger partial charge in [0.05, 0.1) is 12.2 Å². The van der Waals surface area contributed by atoms with Crippen LogP contribution in [0.4, 0.5) is 18.9 Å². The summed E-state index contributed by atoms with van der Waals surface area (Å²) in [6.07, 6.45) is -4.41. The van der Waals surface area contributed by atoms with Gasteiger partial charge in [-0.2, -0.15) is 13.2 Å². The molecule has 0 aliphatic rings. The van der Waals surface area contributed by atoms with E-state index in [1.54, 1.807) is 14.0 Å². The summed E-state index contributed by atoms with van der Waals surface area (Å²) in [5.74, 6) is 0.327. The average molecular weight is 327 g/mol. The number of nitrogens with zero attached hydrogens (tertiary/aromatic N) is 2. The first kappa shape index (κ1) is 18.9. The van der Waals surface area contributed by atoms with E-state index in [0.29, 0.717) is 23.7 Å². The molecule has 4 N–H and O–H groups in total. The molecule has 1 aromatic carbocycles. The molecule has 126 valence electrons. The second-order valence-corrected chi connectivity index (χ2v) is 4.65. The van der Waals surface area contributed by atoms with E-state index in [9.17, 15) is 13.2 Å². The summed E-state index contributed by atoms with van der Waals surface area (Å²) in [5.41, 5.74) is 6.22. The van der Waals surface area contributed by atoms with Crippen LogP contribution in [0, 0.1) is 0 Å². The molecular formula is C15H20F3N5. The highest BCUT2D eigenvalue weighted by Crippen LogP contribution is 2.31. The van der Waals surface area contributed by atoms with Crippen LogP contribution in [-0.4, -0.2) is 32.7 Å². The first-order chi connectivity index (χ1) is 10.8. The lowest BCUT2D eigenvalue weighted by Crippen LogP contribution is -2.20. The molecule has 0 aliphatic heterocycles. The lowest BCUT2D eigenvalue weighted by atomic mass is 10.1. The van der Waals surface area contributed by atoms with Gasteiger partial charge in [0.1, 0.15) is 5.82 Å². The number of rotatable bonds is 7.